The molecular weight excluding hydrogens is 478 g/mol. The van der Waals surface area contributed by atoms with Crippen molar-refractivity contribution >= 4 is 28.7 Å². The Morgan fingerprint density at radius 2 is 1.73 bits per heavy atom. The lowest BCUT2D eigenvalue weighted by Crippen LogP contribution is -2.49. The number of rotatable bonds is 6. The number of ether oxygens (including phenoxy) is 1. The zero-order chi connectivity index (χ0) is 26.4. The molecule has 37 heavy (non-hydrogen) atoms. The fraction of sp³-hybridized carbons (Fsp3) is 0.370. The van der Waals surface area contributed by atoms with Crippen molar-refractivity contribution in [3.63, 3.8) is 0 Å². The normalized spacial score (nSPS) is 18.6. The number of anilines is 1. The number of aliphatic imine (C=N–C) groups is 2. The molecule has 2 N–H and O–H groups in total. The first kappa shape index (κ1) is 26.3. The summed E-state index contributed by atoms with van der Waals surface area (Å²) >= 11 is 0. The minimum Gasteiger partial charge on any atom is -0.858 e. The summed E-state index contributed by atoms with van der Waals surface area (Å²) in [7, 11) is 0. The Hall–Kier alpha value is -3.81. The summed E-state index contributed by atoms with van der Waals surface area (Å²) in [5.74, 6) is -2.69. The van der Waals surface area contributed by atoms with Crippen molar-refractivity contribution in [3.05, 3.63) is 65.4 Å². The number of nitrogens with two attached hydrogens (primary N) is 1. The van der Waals surface area contributed by atoms with Gasteiger partial charge in [-0.15, -0.1) is 0 Å². The van der Waals surface area contributed by atoms with E-state index in [-0.39, 0.29) is 17.0 Å². The van der Waals surface area contributed by atoms with Crippen LogP contribution < -0.4 is 15.7 Å². The van der Waals surface area contributed by atoms with Gasteiger partial charge in [0, 0.05) is 55.8 Å². The highest BCUT2D eigenvalue weighted by Crippen LogP contribution is 2.29. The molecule has 2 fully saturated rings. The summed E-state index contributed by atoms with van der Waals surface area (Å²) in [6.45, 7) is 6.68. The van der Waals surface area contributed by atoms with Crippen molar-refractivity contribution in [1.29, 1.82) is 5.26 Å². The Kier molecular flexibility index (Phi) is 8.48. The van der Waals surface area contributed by atoms with Gasteiger partial charge in [-0.1, -0.05) is 0 Å². The van der Waals surface area contributed by atoms with Crippen molar-refractivity contribution in [2.45, 2.75) is 25.8 Å². The summed E-state index contributed by atoms with van der Waals surface area (Å²) in [5.41, 5.74) is 7.56. The molecule has 10 heteroatoms. The molecule has 2 saturated heterocycles. The van der Waals surface area contributed by atoms with Gasteiger partial charge in [-0.2, -0.15) is 5.26 Å². The molecule has 0 radical (unpaired) electrons. The molecule has 0 aromatic heterocycles. The molecule has 0 atom stereocenters. The van der Waals surface area contributed by atoms with Crippen molar-refractivity contribution in [3.8, 4) is 6.07 Å². The Bertz CT molecular complexity index is 1260. The molecular formula is C27H29F2N6O2-. The first-order chi connectivity index (χ1) is 17.9. The Balaban J connectivity index is 1.47. The van der Waals surface area contributed by atoms with Crippen LogP contribution in [0, 0.1) is 23.0 Å². The monoisotopic (exact) mass is 507 g/mol. The smallest absolute Gasteiger partial charge is 0.160 e. The number of benzene rings is 2. The second-order valence-electron chi connectivity index (χ2n) is 8.97. The van der Waals surface area contributed by atoms with Gasteiger partial charge in [0.1, 0.15) is 6.07 Å². The van der Waals surface area contributed by atoms with Gasteiger partial charge >= 0.3 is 0 Å². The maximum atomic E-state index is 13.5. The van der Waals surface area contributed by atoms with E-state index in [1.165, 1.54) is 13.0 Å². The number of hydrogen-bond donors (Lipinski definition) is 1. The highest BCUT2D eigenvalue weighted by Gasteiger charge is 2.26. The van der Waals surface area contributed by atoms with Gasteiger partial charge in [0.25, 0.3) is 0 Å². The fourth-order valence-corrected chi connectivity index (χ4v) is 4.71. The molecule has 0 aliphatic carbocycles. The molecule has 2 aromatic carbocycles. The van der Waals surface area contributed by atoms with Crippen LogP contribution in [0.2, 0.25) is 0 Å². The minimum absolute atomic E-state index is 0.0116. The fourth-order valence-electron chi connectivity index (χ4n) is 4.71. The number of piperidine rings is 1. The standard InChI is InChI=1S/C27H30F2N6O2/c1-18(32-21-2-4-24(28)25(29)15-21)23(17-31)27(36)33-20-3-5-26(19(14-20)16-30)35-8-6-22(7-9-35)34-10-12-37-13-11-34/h2-5,14-15,17,22H,6-13,31H2,1H3,(H,33,36)/p-1. The van der Waals surface area contributed by atoms with Gasteiger partial charge < -0.3 is 20.5 Å². The van der Waals surface area contributed by atoms with Crippen LogP contribution in [-0.4, -0.2) is 61.9 Å². The predicted octanol–water partition coefficient (Wildman–Crippen LogP) is 3.16. The zero-order valence-corrected chi connectivity index (χ0v) is 20.7. The summed E-state index contributed by atoms with van der Waals surface area (Å²) in [6, 6.07) is 11.0. The van der Waals surface area contributed by atoms with Crippen molar-refractivity contribution in [2.75, 3.05) is 44.3 Å². The van der Waals surface area contributed by atoms with Gasteiger partial charge in [-0.05, 0) is 56.0 Å². The minimum atomic E-state index is -1.04. The molecule has 0 unspecified atom stereocenters. The molecule has 0 saturated carbocycles. The van der Waals surface area contributed by atoms with Gasteiger partial charge in [-0.25, -0.2) is 8.78 Å². The summed E-state index contributed by atoms with van der Waals surface area (Å²) in [5, 5.41) is 22.6. The quantitative estimate of drug-likeness (QED) is 0.475. The van der Waals surface area contributed by atoms with E-state index in [2.05, 4.69) is 25.9 Å². The largest absolute Gasteiger partial charge is 0.858 e. The third-order valence-electron chi connectivity index (χ3n) is 6.69. The molecule has 4 rings (SSSR count). The van der Waals surface area contributed by atoms with Gasteiger partial charge in [0.2, 0.25) is 0 Å². The van der Waals surface area contributed by atoms with Crippen LogP contribution in [-0.2, 0) is 4.74 Å². The van der Waals surface area contributed by atoms with E-state index in [0.29, 0.717) is 17.3 Å². The number of halogens is 2. The average Bonchev–Trinajstić information content (AvgIpc) is 2.91. The highest BCUT2D eigenvalue weighted by atomic mass is 19.2. The van der Waals surface area contributed by atoms with Gasteiger partial charge in [-0.3, -0.25) is 14.9 Å². The molecule has 8 nitrogen and oxygen atoms in total. The van der Waals surface area contributed by atoms with Gasteiger partial charge in [0.05, 0.1) is 35.8 Å². The molecule has 2 aliphatic rings. The van der Waals surface area contributed by atoms with E-state index in [9.17, 15) is 19.1 Å². The average molecular weight is 508 g/mol. The zero-order valence-electron chi connectivity index (χ0n) is 20.7. The number of morpholine rings is 1. The molecule has 194 valence electrons. The Labute approximate surface area is 215 Å². The topological polar surface area (TPSA) is 113 Å². The van der Waals surface area contributed by atoms with E-state index in [4.69, 9.17) is 10.5 Å². The van der Waals surface area contributed by atoms with E-state index < -0.39 is 17.5 Å². The van der Waals surface area contributed by atoms with Crippen molar-refractivity contribution in [1.82, 2.24) is 4.90 Å². The maximum absolute atomic E-state index is 13.5. The molecule has 2 aliphatic heterocycles. The number of hydrogen-bond acceptors (Lipinski definition) is 8. The molecule has 0 amide bonds. The SMILES string of the molecule is CC(=Nc1ccc(F)c(F)c1)C(=CN)C([O-])=Nc1ccc(N2CCC(N3CCOCC3)CC2)c(C#N)c1. The highest BCUT2D eigenvalue weighted by molar-refractivity contribution is 6.20. The second kappa shape index (κ2) is 12.0. The van der Waals surface area contributed by atoms with Crippen LogP contribution in [0.3, 0.4) is 0 Å². The van der Waals surface area contributed by atoms with Crippen LogP contribution in [0.5, 0.6) is 0 Å². The van der Waals surface area contributed by atoms with E-state index in [0.717, 1.165) is 76.3 Å². The number of nitriles is 1. The third-order valence-corrected chi connectivity index (χ3v) is 6.69. The van der Waals surface area contributed by atoms with Crippen LogP contribution in [0.4, 0.5) is 25.8 Å². The first-order valence-corrected chi connectivity index (χ1v) is 12.2. The van der Waals surface area contributed by atoms with Crippen LogP contribution in [0.15, 0.2) is 58.2 Å². The molecule has 2 heterocycles. The second-order valence-corrected chi connectivity index (χ2v) is 8.97. The summed E-state index contributed by atoms with van der Waals surface area (Å²) < 4.78 is 32.1. The van der Waals surface area contributed by atoms with Crippen molar-refractivity contribution < 1.29 is 18.6 Å². The van der Waals surface area contributed by atoms with E-state index in [1.54, 1.807) is 12.1 Å². The molecule has 0 spiro atoms. The number of nitrogens with zero attached hydrogens (tertiary/aromatic N) is 5. The van der Waals surface area contributed by atoms with E-state index in [1.807, 2.05) is 6.07 Å². The lowest BCUT2D eigenvalue weighted by atomic mass is 10.0. The lowest BCUT2D eigenvalue weighted by molar-refractivity contribution is -0.212. The first-order valence-electron chi connectivity index (χ1n) is 12.2. The van der Waals surface area contributed by atoms with Crippen LogP contribution in [0.1, 0.15) is 25.3 Å². The maximum Gasteiger partial charge on any atom is 0.160 e. The van der Waals surface area contributed by atoms with E-state index >= 15 is 0 Å². The summed E-state index contributed by atoms with van der Waals surface area (Å²) in [6.07, 6.45) is 3.09. The van der Waals surface area contributed by atoms with Gasteiger partial charge in [0.15, 0.2) is 11.6 Å². The third kappa shape index (κ3) is 6.31. The summed E-state index contributed by atoms with van der Waals surface area (Å²) in [4.78, 5) is 12.9. The molecule has 2 aromatic rings. The molecule has 0 bridgehead atoms. The van der Waals surface area contributed by atoms with Crippen LogP contribution in [0.25, 0.3) is 0 Å². The Morgan fingerprint density at radius 3 is 2.38 bits per heavy atom. The van der Waals surface area contributed by atoms with Crippen molar-refractivity contribution in [2.24, 2.45) is 15.7 Å². The Morgan fingerprint density at radius 1 is 1.05 bits per heavy atom. The predicted molar refractivity (Wildman–Crippen MR) is 137 cm³/mol. The lowest BCUT2D eigenvalue weighted by Gasteiger charge is -2.41. The van der Waals surface area contributed by atoms with Crippen LogP contribution >= 0.6 is 0 Å².